The molecule has 166 valence electrons. The van der Waals surface area contributed by atoms with Gasteiger partial charge in [0, 0.05) is 0 Å². The van der Waals surface area contributed by atoms with Crippen LogP contribution in [0.25, 0.3) is 0 Å². The highest BCUT2D eigenvalue weighted by Crippen LogP contribution is 2.20. The number of carbonyl (C=O) groups is 2. The van der Waals surface area contributed by atoms with Crippen LogP contribution in [0.4, 0.5) is 0 Å². The van der Waals surface area contributed by atoms with Crippen molar-refractivity contribution in [1.29, 1.82) is 0 Å². The third kappa shape index (κ3) is 12.3. The smallest absolute Gasteiger partial charge is 0.338 e. The Bertz CT molecular complexity index is 442. The lowest BCUT2D eigenvalue weighted by atomic mass is 9.95. The molecule has 0 saturated heterocycles. The first-order valence-electron chi connectivity index (χ1n) is 10.2. The summed E-state index contributed by atoms with van der Waals surface area (Å²) in [6.45, 7) is 14.2. The highest BCUT2D eigenvalue weighted by molar-refractivity contribution is 6.04. The molecule has 0 aromatic heterocycles. The molecule has 0 heterocycles. The first-order valence-corrected chi connectivity index (χ1v) is 10.2. The quantitative estimate of drug-likeness (QED) is 0.204. The Morgan fingerprint density at radius 2 is 1.14 bits per heavy atom. The van der Waals surface area contributed by atoms with Gasteiger partial charge < -0.3 is 31.6 Å². The summed E-state index contributed by atoms with van der Waals surface area (Å²) in [6.07, 6.45) is 3.09. The number of carbonyl (C=O) groups excluding carboxylic acids is 2. The van der Waals surface area contributed by atoms with Crippen molar-refractivity contribution in [2.75, 3.05) is 32.7 Å². The predicted octanol–water partition coefficient (Wildman–Crippen LogP) is 1.07. The van der Waals surface area contributed by atoms with E-state index >= 15 is 0 Å². The monoisotopic (exact) mass is 402 g/mol. The molecule has 0 fully saturated rings. The SMILES string of the molecule is CC(C)(C)OC(=O)C(N)(CCNCCCCNCCCN)C(=O)OC(C)(C)C. The molecule has 0 radical (unpaired) electrons. The molecular weight excluding hydrogens is 360 g/mol. The van der Waals surface area contributed by atoms with Gasteiger partial charge in [0.2, 0.25) is 5.54 Å². The highest BCUT2D eigenvalue weighted by atomic mass is 16.6. The van der Waals surface area contributed by atoms with Crippen molar-refractivity contribution >= 4 is 11.9 Å². The van der Waals surface area contributed by atoms with Gasteiger partial charge in [-0.25, -0.2) is 9.59 Å². The van der Waals surface area contributed by atoms with E-state index in [1.807, 2.05) is 0 Å². The summed E-state index contributed by atoms with van der Waals surface area (Å²) < 4.78 is 10.7. The fourth-order valence-electron chi connectivity index (χ4n) is 2.29. The van der Waals surface area contributed by atoms with Crippen LogP contribution in [0.15, 0.2) is 0 Å². The number of nitrogens with one attached hydrogen (secondary N) is 2. The number of rotatable bonds is 13. The standard InChI is InChI=1S/C20H42N4O4/c1-18(2,3)27-16(25)20(22,17(26)28-19(4,5)6)10-15-24-13-8-7-12-23-14-9-11-21/h23-24H,7-15,21-22H2,1-6H3. The number of nitrogens with two attached hydrogens (primary N) is 2. The number of hydrogen-bond donors (Lipinski definition) is 4. The number of hydrogen-bond acceptors (Lipinski definition) is 8. The normalized spacial score (nSPS) is 12.7. The maximum absolute atomic E-state index is 12.6. The van der Waals surface area contributed by atoms with Crippen molar-refractivity contribution in [1.82, 2.24) is 10.6 Å². The van der Waals surface area contributed by atoms with Gasteiger partial charge in [-0.15, -0.1) is 0 Å². The van der Waals surface area contributed by atoms with E-state index in [0.29, 0.717) is 13.1 Å². The topological polar surface area (TPSA) is 129 Å². The van der Waals surface area contributed by atoms with Crippen molar-refractivity contribution < 1.29 is 19.1 Å². The lowest BCUT2D eigenvalue weighted by Gasteiger charge is -2.32. The molecule has 0 aliphatic heterocycles. The second-order valence-corrected chi connectivity index (χ2v) is 9.07. The zero-order valence-electron chi connectivity index (χ0n) is 18.7. The summed E-state index contributed by atoms with van der Waals surface area (Å²) >= 11 is 0. The van der Waals surface area contributed by atoms with Crippen LogP contribution < -0.4 is 22.1 Å². The summed E-state index contributed by atoms with van der Waals surface area (Å²) in [7, 11) is 0. The molecule has 0 atom stereocenters. The van der Waals surface area contributed by atoms with Crippen LogP contribution in [0, 0.1) is 0 Å². The molecule has 0 spiro atoms. The Morgan fingerprint density at radius 3 is 1.54 bits per heavy atom. The molecule has 28 heavy (non-hydrogen) atoms. The molecule has 0 saturated carbocycles. The number of unbranched alkanes of at least 4 members (excludes halogenated alkanes) is 1. The Balaban J connectivity index is 4.54. The average Bonchev–Trinajstić information content (AvgIpc) is 2.53. The minimum atomic E-state index is -1.84. The van der Waals surface area contributed by atoms with Crippen LogP contribution in [0.2, 0.25) is 0 Å². The molecule has 8 nitrogen and oxygen atoms in total. The van der Waals surface area contributed by atoms with Crippen LogP contribution in [0.5, 0.6) is 0 Å². The van der Waals surface area contributed by atoms with Crippen LogP contribution in [-0.4, -0.2) is 61.4 Å². The minimum absolute atomic E-state index is 0.103. The summed E-state index contributed by atoms with van der Waals surface area (Å²) in [5.41, 5.74) is 8.32. The Labute approximate surface area is 170 Å². The summed E-state index contributed by atoms with van der Waals surface area (Å²) in [5, 5.41) is 6.56. The van der Waals surface area contributed by atoms with E-state index in [1.54, 1.807) is 41.5 Å². The maximum atomic E-state index is 12.6. The Kier molecular flexibility index (Phi) is 11.8. The van der Waals surface area contributed by atoms with E-state index in [9.17, 15) is 9.59 Å². The second kappa shape index (κ2) is 12.4. The minimum Gasteiger partial charge on any atom is -0.458 e. The maximum Gasteiger partial charge on any atom is 0.338 e. The molecule has 6 N–H and O–H groups in total. The summed E-state index contributed by atoms with van der Waals surface area (Å²) in [4.78, 5) is 25.2. The van der Waals surface area contributed by atoms with Crippen LogP contribution in [0.1, 0.15) is 67.2 Å². The third-order valence-electron chi connectivity index (χ3n) is 3.74. The van der Waals surface area contributed by atoms with Crippen molar-refractivity contribution in [2.45, 2.75) is 84.0 Å². The van der Waals surface area contributed by atoms with Crippen LogP contribution in [0.3, 0.4) is 0 Å². The van der Waals surface area contributed by atoms with E-state index in [4.69, 9.17) is 20.9 Å². The molecule has 0 unspecified atom stereocenters. The van der Waals surface area contributed by atoms with Gasteiger partial charge in [-0.3, -0.25) is 0 Å². The molecule has 0 aromatic rings. The lowest BCUT2D eigenvalue weighted by molar-refractivity contribution is -0.177. The average molecular weight is 403 g/mol. The number of esters is 2. The third-order valence-corrected chi connectivity index (χ3v) is 3.74. The van der Waals surface area contributed by atoms with Crippen molar-refractivity contribution in [3.8, 4) is 0 Å². The zero-order valence-corrected chi connectivity index (χ0v) is 18.7. The fourth-order valence-corrected chi connectivity index (χ4v) is 2.29. The van der Waals surface area contributed by atoms with Crippen molar-refractivity contribution in [3.63, 3.8) is 0 Å². The van der Waals surface area contributed by atoms with Gasteiger partial charge in [0.25, 0.3) is 0 Å². The van der Waals surface area contributed by atoms with Crippen LogP contribution in [-0.2, 0) is 19.1 Å². The van der Waals surface area contributed by atoms with Gasteiger partial charge in [0.1, 0.15) is 11.2 Å². The van der Waals surface area contributed by atoms with E-state index in [2.05, 4.69) is 10.6 Å². The van der Waals surface area contributed by atoms with Gasteiger partial charge in [0.05, 0.1) is 0 Å². The Hall–Kier alpha value is -1.22. The van der Waals surface area contributed by atoms with E-state index in [1.165, 1.54) is 0 Å². The van der Waals surface area contributed by atoms with Gasteiger partial charge >= 0.3 is 11.9 Å². The molecule has 0 aliphatic rings. The summed E-state index contributed by atoms with van der Waals surface area (Å²) in [6, 6.07) is 0. The Morgan fingerprint density at radius 1 is 0.750 bits per heavy atom. The molecule has 0 rings (SSSR count). The van der Waals surface area contributed by atoms with Gasteiger partial charge in [-0.2, -0.15) is 0 Å². The second-order valence-electron chi connectivity index (χ2n) is 9.07. The predicted molar refractivity (Wildman–Crippen MR) is 112 cm³/mol. The van der Waals surface area contributed by atoms with Crippen LogP contribution >= 0.6 is 0 Å². The molecular formula is C20H42N4O4. The molecule has 0 amide bonds. The molecule has 0 bridgehead atoms. The fraction of sp³-hybridized carbons (Fsp3) is 0.900. The first kappa shape index (κ1) is 26.8. The van der Waals surface area contributed by atoms with E-state index < -0.39 is 28.7 Å². The lowest BCUT2D eigenvalue weighted by Crippen LogP contribution is -2.60. The van der Waals surface area contributed by atoms with E-state index in [-0.39, 0.29) is 6.42 Å². The zero-order chi connectivity index (χ0) is 21.8. The first-order chi connectivity index (χ1) is 12.8. The molecule has 0 aliphatic carbocycles. The van der Waals surface area contributed by atoms with Crippen molar-refractivity contribution in [2.24, 2.45) is 11.5 Å². The molecule has 8 heteroatoms. The van der Waals surface area contributed by atoms with Gasteiger partial charge in [-0.1, -0.05) is 0 Å². The van der Waals surface area contributed by atoms with Gasteiger partial charge in [-0.05, 0) is 99.9 Å². The summed E-state index contributed by atoms with van der Waals surface area (Å²) in [5.74, 6) is -1.53. The highest BCUT2D eigenvalue weighted by Gasteiger charge is 2.47. The van der Waals surface area contributed by atoms with Gasteiger partial charge in [0.15, 0.2) is 0 Å². The van der Waals surface area contributed by atoms with Crippen molar-refractivity contribution in [3.05, 3.63) is 0 Å². The molecule has 0 aromatic carbocycles. The number of ether oxygens (including phenoxy) is 2. The van der Waals surface area contributed by atoms with E-state index in [0.717, 1.165) is 38.9 Å². The largest absolute Gasteiger partial charge is 0.458 e.